The molecule has 0 fully saturated rings. The molecule has 0 saturated heterocycles. The van der Waals surface area contributed by atoms with E-state index in [1.807, 2.05) is 55.1 Å². The van der Waals surface area contributed by atoms with Crippen LogP contribution < -0.4 is 16.1 Å². The first-order valence-corrected chi connectivity index (χ1v) is 11.2. The molecule has 0 aliphatic rings. The van der Waals surface area contributed by atoms with Crippen LogP contribution in [0.25, 0.3) is 21.8 Å². The first kappa shape index (κ1) is 23.3. The summed E-state index contributed by atoms with van der Waals surface area (Å²) in [6, 6.07) is 16.3. The predicted octanol–water partition coefficient (Wildman–Crippen LogP) is 2.81. The fourth-order valence-electron chi connectivity index (χ4n) is 4.14. The maximum absolute atomic E-state index is 13.0. The van der Waals surface area contributed by atoms with Crippen LogP contribution in [0.5, 0.6) is 0 Å². The topological polar surface area (TPSA) is 88.4 Å². The molecule has 0 atom stereocenters. The minimum atomic E-state index is -0.248. The Balaban J connectivity index is 1.53. The van der Waals surface area contributed by atoms with Gasteiger partial charge in [-0.15, -0.1) is 0 Å². The number of fused-ring (bicyclic) bond motifs is 2. The predicted molar refractivity (Wildman–Crippen MR) is 135 cm³/mol. The molecular formula is C26H29N5O3. The third kappa shape index (κ3) is 4.87. The van der Waals surface area contributed by atoms with Crippen molar-refractivity contribution >= 4 is 39.3 Å². The Morgan fingerprint density at radius 1 is 0.971 bits per heavy atom. The smallest absolute Gasteiger partial charge is 0.267 e. The number of pyridine rings is 1. The Labute approximate surface area is 197 Å². The normalized spacial score (nSPS) is 11.3. The number of rotatable bonds is 8. The lowest BCUT2D eigenvalue weighted by atomic mass is 10.1. The molecule has 0 radical (unpaired) electrons. The van der Waals surface area contributed by atoms with Crippen molar-refractivity contribution in [3.05, 3.63) is 76.7 Å². The number of para-hydroxylation sites is 2. The molecule has 2 N–H and O–H groups in total. The zero-order valence-electron chi connectivity index (χ0n) is 19.7. The number of anilines is 1. The van der Waals surface area contributed by atoms with Crippen molar-refractivity contribution in [2.24, 2.45) is 7.05 Å². The summed E-state index contributed by atoms with van der Waals surface area (Å²) >= 11 is 0. The molecule has 2 heterocycles. The number of nitrogens with one attached hydrogen (secondary N) is 2. The SMILES string of the molecule is CN(C)CCCNC(=O)c1cc(NC(=O)Cn2c3ccccc3c(=O)c3ccccc32)cn1C. The highest BCUT2D eigenvalue weighted by atomic mass is 16.2. The highest BCUT2D eigenvalue weighted by molar-refractivity contribution is 5.99. The summed E-state index contributed by atoms with van der Waals surface area (Å²) in [5, 5.41) is 6.94. The lowest BCUT2D eigenvalue weighted by molar-refractivity contribution is -0.116. The van der Waals surface area contributed by atoms with E-state index in [4.69, 9.17) is 0 Å². The third-order valence-electron chi connectivity index (χ3n) is 5.77. The second kappa shape index (κ2) is 9.93. The van der Waals surface area contributed by atoms with Crippen LogP contribution in [0.3, 0.4) is 0 Å². The van der Waals surface area contributed by atoms with Crippen molar-refractivity contribution in [3.8, 4) is 0 Å². The van der Waals surface area contributed by atoms with Crippen LogP contribution in [0.2, 0.25) is 0 Å². The van der Waals surface area contributed by atoms with E-state index in [-0.39, 0.29) is 23.8 Å². The number of hydrogen-bond donors (Lipinski definition) is 2. The third-order valence-corrected chi connectivity index (χ3v) is 5.77. The molecule has 2 amide bonds. The largest absolute Gasteiger partial charge is 0.351 e. The molecule has 4 rings (SSSR count). The molecule has 0 saturated carbocycles. The maximum atomic E-state index is 13.0. The molecule has 4 aromatic rings. The van der Waals surface area contributed by atoms with Crippen molar-refractivity contribution in [1.82, 2.24) is 19.4 Å². The molecule has 0 spiro atoms. The summed E-state index contributed by atoms with van der Waals surface area (Å²) in [7, 11) is 5.76. The van der Waals surface area contributed by atoms with Crippen molar-refractivity contribution in [1.29, 1.82) is 0 Å². The molecule has 176 valence electrons. The van der Waals surface area contributed by atoms with Crippen molar-refractivity contribution in [2.45, 2.75) is 13.0 Å². The van der Waals surface area contributed by atoms with Crippen molar-refractivity contribution in [2.75, 3.05) is 32.5 Å². The van der Waals surface area contributed by atoms with Crippen LogP contribution in [-0.4, -0.2) is 53.0 Å². The Kier molecular flexibility index (Phi) is 6.79. The number of carbonyl (C=O) groups excluding carboxylic acids is 2. The highest BCUT2D eigenvalue weighted by Crippen LogP contribution is 2.20. The number of benzene rings is 2. The van der Waals surface area contributed by atoms with Gasteiger partial charge in [0.15, 0.2) is 5.43 Å². The Hall–Kier alpha value is -3.91. The quantitative estimate of drug-likeness (QED) is 0.313. The minimum absolute atomic E-state index is 0.0300. The van der Waals surface area contributed by atoms with Gasteiger partial charge in [-0.1, -0.05) is 24.3 Å². The van der Waals surface area contributed by atoms with Crippen LogP contribution in [0.15, 0.2) is 65.6 Å². The zero-order valence-corrected chi connectivity index (χ0v) is 19.7. The second-order valence-corrected chi connectivity index (χ2v) is 8.64. The Morgan fingerprint density at radius 2 is 1.59 bits per heavy atom. The lowest BCUT2D eigenvalue weighted by Crippen LogP contribution is -2.28. The molecule has 8 nitrogen and oxygen atoms in total. The number of aryl methyl sites for hydroxylation is 1. The van der Waals surface area contributed by atoms with Gasteiger partial charge in [0.05, 0.1) is 16.7 Å². The van der Waals surface area contributed by atoms with Gasteiger partial charge in [0.2, 0.25) is 5.91 Å². The Morgan fingerprint density at radius 3 is 2.21 bits per heavy atom. The summed E-state index contributed by atoms with van der Waals surface area (Å²) < 4.78 is 3.55. The number of amides is 2. The second-order valence-electron chi connectivity index (χ2n) is 8.64. The summed E-state index contributed by atoms with van der Waals surface area (Å²) in [5.41, 5.74) is 2.37. The van der Waals surface area contributed by atoms with Gasteiger partial charge in [0, 0.05) is 30.6 Å². The first-order chi connectivity index (χ1) is 16.3. The minimum Gasteiger partial charge on any atom is -0.351 e. The molecule has 2 aromatic heterocycles. The zero-order chi connectivity index (χ0) is 24.2. The van der Waals surface area contributed by atoms with E-state index in [1.54, 1.807) is 36.0 Å². The van der Waals surface area contributed by atoms with Gasteiger partial charge >= 0.3 is 0 Å². The highest BCUT2D eigenvalue weighted by Gasteiger charge is 2.15. The van der Waals surface area contributed by atoms with Crippen LogP contribution in [0, 0.1) is 0 Å². The van der Waals surface area contributed by atoms with Gasteiger partial charge < -0.3 is 24.7 Å². The molecule has 0 aliphatic carbocycles. The van der Waals surface area contributed by atoms with Gasteiger partial charge in [0.1, 0.15) is 12.2 Å². The molecule has 0 aliphatic heterocycles. The van der Waals surface area contributed by atoms with Gasteiger partial charge in [0.25, 0.3) is 5.91 Å². The van der Waals surface area contributed by atoms with Gasteiger partial charge in [-0.25, -0.2) is 0 Å². The van der Waals surface area contributed by atoms with Crippen LogP contribution in [-0.2, 0) is 18.4 Å². The monoisotopic (exact) mass is 459 g/mol. The van der Waals surface area contributed by atoms with Crippen molar-refractivity contribution < 1.29 is 9.59 Å². The van der Waals surface area contributed by atoms with E-state index in [1.165, 1.54) is 0 Å². The van der Waals surface area contributed by atoms with E-state index >= 15 is 0 Å². The summed E-state index contributed by atoms with van der Waals surface area (Å²) in [6.45, 7) is 1.50. The fourth-order valence-corrected chi connectivity index (χ4v) is 4.14. The van der Waals surface area contributed by atoms with Crippen LogP contribution in [0.1, 0.15) is 16.9 Å². The lowest BCUT2D eigenvalue weighted by Gasteiger charge is -2.14. The van der Waals surface area contributed by atoms with Crippen LogP contribution >= 0.6 is 0 Å². The van der Waals surface area contributed by atoms with E-state index in [0.717, 1.165) is 13.0 Å². The molecule has 2 aromatic carbocycles. The fraction of sp³-hybridized carbons (Fsp3) is 0.269. The average molecular weight is 460 g/mol. The van der Waals surface area contributed by atoms with Crippen molar-refractivity contribution in [3.63, 3.8) is 0 Å². The number of hydrogen-bond acceptors (Lipinski definition) is 4. The number of aromatic nitrogens is 2. The molecule has 8 heteroatoms. The van der Waals surface area contributed by atoms with Gasteiger partial charge in [-0.3, -0.25) is 14.4 Å². The number of nitrogens with zero attached hydrogens (tertiary/aromatic N) is 3. The van der Waals surface area contributed by atoms with Crippen LogP contribution in [0.4, 0.5) is 5.69 Å². The van der Waals surface area contributed by atoms with E-state index in [2.05, 4.69) is 15.5 Å². The summed E-state index contributed by atoms with van der Waals surface area (Å²) in [5.74, 6) is -0.429. The first-order valence-electron chi connectivity index (χ1n) is 11.2. The Bertz CT molecular complexity index is 1360. The van der Waals surface area contributed by atoms with Gasteiger partial charge in [-0.05, 0) is 57.4 Å². The molecular weight excluding hydrogens is 430 g/mol. The number of carbonyl (C=O) groups is 2. The maximum Gasteiger partial charge on any atom is 0.267 e. The molecule has 0 unspecified atom stereocenters. The molecule has 0 bridgehead atoms. The summed E-state index contributed by atoms with van der Waals surface area (Å²) in [4.78, 5) is 40.5. The standard InChI is InChI=1S/C26H29N5O3/c1-29(2)14-8-13-27-26(34)23-15-18(16-30(23)3)28-24(32)17-31-21-11-6-4-9-19(21)25(33)20-10-5-7-12-22(20)31/h4-7,9-12,15-16H,8,13-14,17H2,1-3H3,(H,27,34)(H,28,32). The average Bonchev–Trinajstić information content (AvgIpc) is 3.19. The summed E-state index contributed by atoms with van der Waals surface area (Å²) in [6.07, 6.45) is 2.57. The molecule has 34 heavy (non-hydrogen) atoms. The van der Waals surface area contributed by atoms with E-state index < -0.39 is 0 Å². The van der Waals surface area contributed by atoms with E-state index in [0.29, 0.717) is 39.7 Å². The van der Waals surface area contributed by atoms with E-state index in [9.17, 15) is 14.4 Å². The van der Waals surface area contributed by atoms with Gasteiger partial charge in [-0.2, -0.15) is 0 Å².